The van der Waals surface area contributed by atoms with E-state index in [-0.39, 0.29) is 53.5 Å². The van der Waals surface area contributed by atoms with E-state index in [2.05, 4.69) is 20.3 Å². The summed E-state index contributed by atoms with van der Waals surface area (Å²) in [6.07, 6.45) is -3.62. The second kappa shape index (κ2) is 13.1. The number of fused-ring (bicyclic) bond motifs is 1. The quantitative estimate of drug-likeness (QED) is 0.273. The van der Waals surface area contributed by atoms with E-state index >= 15 is 0 Å². The number of piperazine rings is 1. The molecule has 2 aromatic heterocycles. The van der Waals surface area contributed by atoms with Crippen LogP contribution in [0.3, 0.4) is 0 Å². The highest BCUT2D eigenvalue weighted by Gasteiger charge is 2.40. The number of aromatic nitrogens is 3. The molecule has 0 saturated carbocycles. The summed E-state index contributed by atoms with van der Waals surface area (Å²) < 4.78 is 49.0. The highest BCUT2D eigenvalue weighted by atomic mass is 19.4. The van der Waals surface area contributed by atoms with Gasteiger partial charge in [-0.15, -0.1) is 0 Å². The van der Waals surface area contributed by atoms with Crippen molar-refractivity contribution in [3.8, 4) is 17.0 Å². The van der Waals surface area contributed by atoms with E-state index < -0.39 is 23.8 Å². The van der Waals surface area contributed by atoms with E-state index in [4.69, 9.17) is 4.74 Å². The molecule has 244 valence electrons. The number of hydrogen-bond acceptors (Lipinski definition) is 7. The van der Waals surface area contributed by atoms with E-state index in [0.29, 0.717) is 34.6 Å². The molecule has 1 aliphatic heterocycles. The summed E-state index contributed by atoms with van der Waals surface area (Å²) in [5.74, 6) is -0.244. The Bertz CT molecular complexity index is 1740. The number of amides is 2. The average molecular weight is 639 g/mol. The molecule has 0 unspecified atom stereocenters. The van der Waals surface area contributed by atoms with E-state index in [9.17, 15) is 27.9 Å². The van der Waals surface area contributed by atoms with Crippen LogP contribution in [0.4, 0.5) is 18.9 Å². The number of nitrogens with zero attached hydrogens (tertiary/aromatic N) is 5. The van der Waals surface area contributed by atoms with Crippen molar-refractivity contribution in [3.63, 3.8) is 0 Å². The van der Waals surface area contributed by atoms with Gasteiger partial charge in [0.05, 0.1) is 31.6 Å². The van der Waals surface area contributed by atoms with Gasteiger partial charge < -0.3 is 20.1 Å². The topological polar surface area (TPSA) is 112 Å². The summed E-state index contributed by atoms with van der Waals surface area (Å²) in [6.45, 7) is 7.68. The molecule has 4 aromatic rings. The fourth-order valence-electron chi connectivity index (χ4n) is 5.85. The van der Waals surface area contributed by atoms with Crippen LogP contribution in [0.15, 0.2) is 54.7 Å². The predicted octanol–water partition coefficient (Wildman–Crippen LogP) is 5.21. The van der Waals surface area contributed by atoms with Gasteiger partial charge in [-0.3, -0.25) is 14.5 Å². The van der Waals surface area contributed by atoms with Gasteiger partial charge in [-0.05, 0) is 55.8 Å². The summed E-state index contributed by atoms with van der Waals surface area (Å²) in [7, 11) is 1.49. The molecule has 0 bridgehead atoms. The zero-order valence-electron chi connectivity index (χ0n) is 26.3. The van der Waals surface area contributed by atoms with Crippen molar-refractivity contribution in [2.24, 2.45) is 5.92 Å². The second-order valence-electron chi connectivity index (χ2n) is 11.8. The molecule has 0 spiro atoms. The van der Waals surface area contributed by atoms with Crippen molar-refractivity contribution in [2.45, 2.75) is 46.0 Å². The SMILES string of the molecule is COc1ccc(-c2nc3c(C(=O)N4CCN([C@H](CO)c5cccc(NC(=O)C(C)C)c5)C[C@H]4C)cnn3c(C(F)(F)F)c2C)cc1. The maximum absolute atomic E-state index is 14.4. The van der Waals surface area contributed by atoms with Gasteiger partial charge in [-0.1, -0.05) is 26.0 Å². The molecule has 46 heavy (non-hydrogen) atoms. The normalized spacial score (nSPS) is 16.6. The van der Waals surface area contributed by atoms with Crippen molar-refractivity contribution in [1.82, 2.24) is 24.4 Å². The molecule has 2 aromatic carbocycles. The Morgan fingerprint density at radius 1 is 1.13 bits per heavy atom. The van der Waals surface area contributed by atoms with Gasteiger partial charge >= 0.3 is 6.18 Å². The molecule has 10 nitrogen and oxygen atoms in total. The lowest BCUT2D eigenvalue weighted by atomic mass is 10.0. The molecule has 1 aliphatic rings. The van der Waals surface area contributed by atoms with Crippen LogP contribution in [0.1, 0.15) is 54.0 Å². The number of halogens is 3. The predicted molar refractivity (Wildman–Crippen MR) is 167 cm³/mol. The maximum Gasteiger partial charge on any atom is 0.433 e. The molecule has 2 amide bonds. The molecule has 13 heteroatoms. The molecule has 2 N–H and O–H groups in total. The third-order valence-electron chi connectivity index (χ3n) is 8.34. The van der Waals surface area contributed by atoms with E-state index in [1.165, 1.54) is 14.0 Å². The number of hydrogen-bond donors (Lipinski definition) is 2. The highest BCUT2D eigenvalue weighted by molar-refractivity contribution is 6.00. The molecule has 2 atom stereocenters. The fourth-order valence-corrected chi connectivity index (χ4v) is 5.85. The number of rotatable bonds is 8. The van der Waals surface area contributed by atoms with Gasteiger partial charge in [-0.2, -0.15) is 18.3 Å². The van der Waals surface area contributed by atoms with E-state index in [0.717, 1.165) is 11.8 Å². The average Bonchev–Trinajstić information content (AvgIpc) is 3.43. The van der Waals surface area contributed by atoms with E-state index in [1.54, 1.807) is 49.1 Å². The Morgan fingerprint density at radius 2 is 1.85 bits per heavy atom. The first-order valence-electron chi connectivity index (χ1n) is 15.0. The summed E-state index contributed by atoms with van der Waals surface area (Å²) in [5, 5.41) is 17.2. The minimum Gasteiger partial charge on any atom is -0.497 e. The number of aliphatic hydroxyl groups is 1. The minimum atomic E-state index is -4.76. The molecule has 1 fully saturated rings. The van der Waals surface area contributed by atoms with Crippen molar-refractivity contribution in [3.05, 3.63) is 77.1 Å². The summed E-state index contributed by atoms with van der Waals surface area (Å²) in [5.41, 5.74) is 0.631. The summed E-state index contributed by atoms with van der Waals surface area (Å²) >= 11 is 0. The Hall–Kier alpha value is -4.49. The number of methoxy groups -OCH3 is 1. The van der Waals surface area contributed by atoms with Gasteiger partial charge in [0.25, 0.3) is 5.91 Å². The maximum atomic E-state index is 14.4. The van der Waals surface area contributed by atoms with Crippen LogP contribution in [0.2, 0.25) is 0 Å². The Kier molecular flexibility index (Phi) is 9.36. The van der Waals surface area contributed by atoms with Gasteiger partial charge in [-0.25, -0.2) is 9.50 Å². The molecule has 1 saturated heterocycles. The Labute approximate surface area is 264 Å². The van der Waals surface area contributed by atoms with Crippen LogP contribution >= 0.6 is 0 Å². The lowest BCUT2D eigenvalue weighted by Crippen LogP contribution is -2.55. The third kappa shape index (κ3) is 6.42. The standard InChI is InChI=1S/C33H37F3N6O4/c1-19(2)31(44)38-24-8-6-7-23(15-24)27(18-43)40-13-14-41(20(3)17-40)32(45)26-16-37-42-29(33(34,35)36)21(4)28(39-30(26)42)22-9-11-25(46-5)12-10-22/h6-12,15-16,19-20,27,43H,13-14,17-18H2,1-5H3,(H,38,44)/t20-,27-/m1/s1. The van der Waals surface area contributed by atoms with Crippen molar-refractivity contribution in [1.29, 1.82) is 0 Å². The first-order valence-corrected chi connectivity index (χ1v) is 15.0. The largest absolute Gasteiger partial charge is 0.497 e. The molecule has 5 rings (SSSR count). The Morgan fingerprint density at radius 3 is 2.46 bits per heavy atom. The monoisotopic (exact) mass is 638 g/mol. The van der Waals surface area contributed by atoms with Crippen LogP contribution in [-0.4, -0.2) is 80.7 Å². The number of carbonyl (C=O) groups is 2. The lowest BCUT2D eigenvalue weighted by Gasteiger charge is -2.43. The van der Waals surface area contributed by atoms with Crippen LogP contribution in [0.5, 0.6) is 5.75 Å². The van der Waals surface area contributed by atoms with Gasteiger partial charge in [0.15, 0.2) is 11.3 Å². The molecule has 3 heterocycles. The number of aliphatic hydroxyl groups excluding tert-OH is 1. The molecular formula is C33H37F3N6O4. The number of anilines is 1. The van der Waals surface area contributed by atoms with Crippen LogP contribution in [0, 0.1) is 12.8 Å². The second-order valence-corrected chi connectivity index (χ2v) is 11.8. The minimum absolute atomic E-state index is 0.0344. The molecule has 0 aliphatic carbocycles. The van der Waals surface area contributed by atoms with Crippen molar-refractivity contribution in [2.75, 3.05) is 38.7 Å². The number of benzene rings is 2. The fraction of sp³-hybridized carbons (Fsp3) is 0.394. The first kappa shape index (κ1) is 32.9. The first-order chi connectivity index (χ1) is 21.8. The van der Waals surface area contributed by atoms with E-state index in [1.807, 2.05) is 25.1 Å². The third-order valence-corrected chi connectivity index (χ3v) is 8.34. The van der Waals surface area contributed by atoms with Crippen molar-refractivity contribution < 1.29 is 32.6 Å². The zero-order chi connectivity index (χ0) is 33.3. The van der Waals surface area contributed by atoms with Crippen molar-refractivity contribution >= 4 is 23.1 Å². The summed E-state index contributed by atoms with van der Waals surface area (Å²) in [4.78, 5) is 34.3. The highest BCUT2D eigenvalue weighted by Crippen LogP contribution is 2.37. The number of carbonyl (C=O) groups excluding carboxylic acids is 2. The number of alkyl halides is 3. The van der Waals surface area contributed by atoms with Gasteiger partial charge in [0.1, 0.15) is 11.3 Å². The summed E-state index contributed by atoms with van der Waals surface area (Å²) in [6, 6.07) is 13.1. The smallest absolute Gasteiger partial charge is 0.433 e. The molecule has 0 radical (unpaired) electrons. The number of ether oxygens (including phenoxy) is 1. The molecular weight excluding hydrogens is 601 g/mol. The van der Waals surface area contributed by atoms with Crippen LogP contribution in [-0.2, 0) is 11.0 Å². The van der Waals surface area contributed by atoms with Crippen LogP contribution < -0.4 is 10.1 Å². The van der Waals surface area contributed by atoms with Crippen LogP contribution in [0.25, 0.3) is 16.9 Å². The zero-order valence-corrected chi connectivity index (χ0v) is 26.3. The van der Waals surface area contributed by atoms with Gasteiger partial charge in [0.2, 0.25) is 5.91 Å². The number of nitrogens with one attached hydrogen (secondary N) is 1. The lowest BCUT2D eigenvalue weighted by molar-refractivity contribution is -0.143. The van der Waals surface area contributed by atoms with Gasteiger partial charge in [0, 0.05) is 48.4 Å². The Balaban J connectivity index is 1.42.